The van der Waals surface area contributed by atoms with Crippen LogP contribution in [0.3, 0.4) is 0 Å². The fourth-order valence-corrected chi connectivity index (χ4v) is 2.55. The van der Waals surface area contributed by atoms with E-state index in [4.69, 9.17) is 15.2 Å². The van der Waals surface area contributed by atoms with Crippen molar-refractivity contribution >= 4 is 11.3 Å². The highest BCUT2D eigenvalue weighted by molar-refractivity contribution is 7.11. The first-order chi connectivity index (χ1) is 9.22. The maximum absolute atomic E-state index is 5.70. The van der Waals surface area contributed by atoms with Gasteiger partial charge < -0.3 is 15.2 Å². The minimum absolute atomic E-state index is 0.463. The van der Waals surface area contributed by atoms with E-state index in [0.717, 1.165) is 21.3 Å². The smallest absolute Gasteiger partial charge is 0.140 e. The van der Waals surface area contributed by atoms with Crippen LogP contribution in [-0.4, -0.2) is 12.1 Å². The molecule has 2 aromatic rings. The third kappa shape index (κ3) is 3.76. The molecule has 0 saturated carbocycles. The summed E-state index contributed by atoms with van der Waals surface area (Å²) in [6.45, 7) is 3.49. The third-order valence-electron chi connectivity index (χ3n) is 2.67. The SMILES string of the molecule is COCc1nc(COc2ccc(C)cc2)sc1CN. The van der Waals surface area contributed by atoms with Crippen LogP contribution in [0.1, 0.15) is 21.1 Å². The maximum atomic E-state index is 5.70. The van der Waals surface area contributed by atoms with Crippen molar-refractivity contribution in [3.63, 3.8) is 0 Å². The first-order valence-electron chi connectivity index (χ1n) is 6.09. The van der Waals surface area contributed by atoms with Crippen molar-refractivity contribution in [2.24, 2.45) is 5.73 Å². The van der Waals surface area contributed by atoms with Crippen LogP contribution in [0.5, 0.6) is 5.75 Å². The summed E-state index contributed by atoms with van der Waals surface area (Å²) in [5.74, 6) is 0.850. The second-order valence-corrected chi connectivity index (χ2v) is 5.38. The average molecular weight is 278 g/mol. The number of hydrogen-bond donors (Lipinski definition) is 1. The van der Waals surface area contributed by atoms with Gasteiger partial charge in [-0.25, -0.2) is 4.98 Å². The molecule has 0 spiro atoms. The number of methoxy groups -OCH3 is 1. The Labute approximate surface area is 117 Å². The zero-order valence-corrected chi connectivity index (χ0v) is 12.0. The second-order valence-electron chi connectivity index (χ2n) is 4.22. The zero-order chi connectivity index (χ0) is 13.7. The Bertz CT molecular complexity index is 523. The molecule has 0 radical (unpaired) electrons. The Balaban J connectivity index is 2.01. The van der Waals surface area contributed by atoms with Gasteiger partial charge in [0.2, 0.25) is 0 Å². The van der Waals surface area contributed by atoms with Crippen LogP contribution < -0.4 is 10.5 Å². The number of benzene rings is 1. The van der Waals surface area contributed by atoms with Crippen LogP contribution >= 0.6 is 11.3 Å². The number of ether oxygens (including phenoxy) is 2. The molecule has 2 N–H and O–H groups in total. The van der Waals surface area contributed by atoms with Crippen LogP contribution in [0, 0.1) is 6.92 Å². The van der Waals surface area contributed by atoms with Crippen LogP contribution in [0.4, 0.5) is 0 Å². The molecule has 1 heterocycles. The van der Waals surface area contributed by atoms with Crippen molar-refractivity contribution in [1.29, 1.82) is 0 Å². The number of rotatable bonds is 6. The van der Waals surface area contributed by atoms with E-state index in [9.17, 15) is 0 Å². The Morgan fingerprint density at radius 2 is 1.95 bits per heavy atom. The van der Waals surface area contributed by atoms with E-state index in [1.165, 1.54) is 5.56 Å². The van der Waals surface area contributed by atoms with Gasteiger partial charge in [-0.15, -0.1) is 11.3 Å². The van der Waals surface area contributed by atoms with Gasteiger partial charge >= 0.3 is 0 Å². The van der Waals surface area contributed by atoms with Gasteiger partial charge in [-0.3, -0.25) is 0 Å². The quantitative estimate of drug-likeness (QED) is 0.882. The van der Waals surface area contributed by atoms with Gasteiger partial charge in [0, 0.05) is 18.5 Å². The van der Waals surface area contributed by atoms with Crippen LogP contribution in [0.2, 0.25) is 0 Å². The lowest BCUT2D eigenvalue weighted by Crippen LogP contribution is -1.99. The van der Waals surface area contributed by atoms with E-state index >= 15 is 0 Å². The Kier molecular flexibility index (Phi) is 4.90. The summed E-state index contributed by atoms with van der Waals surface area (Å²) < 4.78 is 10.8. The summed E-state index contributed by atoms with van der Waals surface area (Å²) in [4.78, 5) is 5.55. The summed E-state index contributed by atoms with van der Waals surface area (Å²) in [6.07, 6.45) is 0. The van der Waals surface area contributed by atoms with Crippen LogP contribution in [-0.2, 0) is 24.5 Å². The largest absolute Gasteiger partial charge is 0.486 e. The molecule has 0 atom stereocenters. The number of thiazole rings is 1. The zero-order valence-electron chi connectivity index (χ0n) is 11.2. The molecule has 19 heavy (non-hydrogen) atoms. The van der Waals surface area contributed by atoms with E-state index in [-0.39, 0.29) is 0 Å². The summed E-state index contributed by atoms with van der Waals surface area (Å²) in [7, 11) is 1.65. The summed E-state index contributed by atoms with van der Waals surface area (Å²) in [5.41, 5.74) is 7.82. The fourth-order valence-electron chi connectivity index (χ4n) is 1.69. The molecule has 4 nitrogen and oxygen atoms in total. The number of nitrogens with two attached hydrogens (primary N) is 1. The molecule has 102 valence electrons. The van der Waals surface area contributed by atoms with Crippen molar-refractivity contribution in [1.82, 2.24) is 4.98 Å². The highest BCUT2D eigenvalue weighted by atomic mass is 32.1. The van der Waals surface area contributed by atoms with Crippen molar-refractivity contribution in [2.75, 3.05) is 7.11 Å². The topological polar surface area (TPSA) is 57.4 Å². The number of nitrogens with zero attached hydrogens (tertiary/aromatic N) is 1. The van der Waals surface area contributed by atoms with Gasteiger partial charge in [0.15, 0.2) is 0 Å². The minimum atomic E-state index is 0.463. The normalized spacial score (nSPS) is 10.7. The number of aryl methyl sites for hydroxylation is 1. The molecular formula is C14H18N2O2S. The Hall–Kier alpha value is -1.43. The summed E-state index contributed by atoms with van der Waals surface area (Å²) in [5, 5.41) is 0.924. The lowest BCUT2D eigenvalue weighted by atomic mass is 10.2. The number of aromatic nitrogens is 1. The molecule has 1 aromatic carbocycles. The fraction of sp³-hybridized carbons (Fsp3) is 0.357. The van der Waals surface area contributed by atoms with Gasteiger partial charge in [0.1, 0.15) is 17.4 Å². The van der Waals surface area contributed by atoms with E-state index in [0.29, 0.717) is 19.8 Å². The Morgan fingerprint density at radius 1 is 1.21 bits per heavy atom. The van der Waals surface area contributed by atoms with Crippen molar-refractivity contribution in [3.8, 4) is 5.75 Å². The van der Waals surface area contributed by atoms with E-state index < -0.39 is 0 Å². The molecular weight excluding hydrogens is 260 g/mol. The molecule has 0 saturated heterocycles. The van der Waals surface area contributed by atoms with Gasteiger partial charge in [-0.1, -0.05) is 17.7 Å². The molecule has 2 rings (SSSR count). The van der Waals surface area contributed by atoms with E-state index in [1.54, 1.807) is 18.4 Å². The minimum Gasteiger partial charge on any atom is -0.486 e. The Morgan fingerprint density at radius 3 is 2.58 bits per heavy atom. The monoisotopic (exact) mass is 278 g/mol. The average Bonchev–Trinajstić information content (AvgIpc) is 2.81. The predicted molar refractivity (Wildman–Crippen MR) is 76.2 cm³/mol. The van der Waals surface area contributed by atoms with Gasteiger partial charge in [-0.2, -0.15) is 0 Å². The van der Waals surface area contributed by atoms with Crippen LogP contribution in [0.25, 0.3) is 0 Å². The lowest BCUT2D eigenvalue weighted by molar-refractivity contribution is 0.181. The van der Waals surface area contributed by atoms with E-state index in [2.05, 4.69) is 11.9 Å². The van der Waals surface area contributed by atoms with Gasteiger partial charge in [0.05, 0.1) is 12.3 Å². The first kappa shape index (κ1) is 14.0. The van der Waals surface area contributed by atoms with E-state index in [1.807, 2.05) is 24.3 Å². The third-order valence-corrected chi connectivity index (χ3v) is 3.77. The second kappa shape index (κ2) is 6.65. The predicted octanol–water partition coefficient (Wildman–Crippen LogP) is 2.64. The molecule has 0 aliphatic rings. The summed E-state index contributed by atoms with van der Waals surface area (Å²) in [6, 6.07) is 7.98. The molecule has 0 aliphatic carbocycles. The molecule has 0 unspecified atom stereocenters. The molecule has 0 aliphatic heterocycles. The molecule has 0 fully saturated rings. The summed E-state index contributed by atoms with van der Waals surface area (Å²) >= 11 is 1.58. The van der Waals surface area contributed by atoms with Crippen molar-refractivity contribution in [3.05, 3.63) is 45.4 Å². The molecule has 0 bridgehead atoms. The first-order valence-corrected chi connectivity index (χ1v) is 6.90. The molecule has 1 aromatic heterocycles. The lowest BCUT2D eigenvalue weighted by Gasteiger charge is -2.03. The van der Waals surface area contributed by atoms with Gasteiger partial charge in [0.25, 0.3) is 0 Å². The van der Waals surface area contributed by atoms with Crippen molar-refractivity contribution in [2.45, 2.75) is 26.7 Å². The number of hydrogen-bond acceptors (Lipinski definition) is 5. The van der Waals surface area contributed by atoms with Crippen molar-refractivity contribution < 1.29 is 9.47 Å². The molecule has 0 amide bonds. The highest BCUT2D eigenvalue weighted by Crippen LogP contribution is 2.21. The standard InChI is InChI=1S/C14H18N2O2S/c1-10-3-5-11(6-4-10)18-9-14-16-12(8-17-2)13(7-15)19-14/h3-6H,7-9,15H2,1-2H3. The van der Waals surface area contributed by atoms with Crippen LogP contribution in [0.15, 0.2) is 24.3 Å². The highest BCUT2D eigenvalue weighted by Gasteiger charge is 2.10. The molecule has 5 heteroatoms. The van der Waals surface area contributed by atoms with Gasteiger partial charge in [-0.05, 0) is 19.1 Å². The maximum Gasteiger partial charge on any atom is 0.140 e.